The van der Waals surface area contributed by atoms with Gasteiger partial charge in [-0.25, -0.2) is 0 Å². The Morgan fingerprint density at radius 2 is 0.885 bits per heavy atom. The molecule has 4 fully saturated rings. The van der Waals surface area contributed by atoms with E-state index < -0.39 is 9.95 Å². The number of aryl methyl sites for hydroxylation is 6. The Kier molecular flexibility index (Phi) is 14.7. The van der Waals surface area contributed by atoms with E-state index >= 15 is 0 Å². The van der Waals surface area contributed by atoms with Crippen molar-refractivity contribution in [1.29, 1.82) is 0 Å². The zero-order chi connectivity index (χ0) is 36.8. The van der Waals surface area contributed by atoms with E-state index in [1.54, 1.807) is 77.0 Å². The van der Waals surface area contributed by atoms with Gasteiger partial charge in [-0.05, 0) is 55.5 Å². The Hall–Kier alpha value is -0.987. The molecular formula is C46H65Br2N2PRu. The molecule has 0 spiro atoms. The summed E-state index contributed by atoms with van der Waals surface area (Å²) < 4.78 is 3.79. The van der Waals surface area contributed by atoms with Crippen LogP contribution in [0.4, 0.5) is 11.4 Å². The number of anilines is 2. The maximum absolute atomic E-state index is 4.26. The molecule has 1 saturated heterocycles. The van der Waals surface area contributed by atoms with Crippen LogP contribution < -0.4 is 9.80 Å². The molecule has 0 unspecified atom stereocenters. The van der Waals surface area contributed by atoms with Gasteiger partial charge in [-0.15, -0.1) is 0 Å². The summed E-state index contributed by atoms with van der Waals surface area (Å²) in [6.07, 6.45) is 23.6. The number of hydrogen-bond acceptors (Lipinski definition) is 2. The Morgan fingerprint density at radius 1 is 0.538 bits per heavy atom. The van der Waals surface area contributed by atoms with Gasteiger partial charge in [0.15, 0.2) is 0 Å². The van der Waals surface area contributed by atoms with Crippen LogP contribution in [0.25, 0.3) is 0 Å². The third kappa shape index (κ3) is 9.87. The summed E-state index contributed by atoms with van der Waals surface area (Å²) in [6, 6.07) is 19.9. The van der Waals surface area contributed by atoms with E-state index in [2.05, 4.69) is 138 Å². The molecular weight excluding hydrogens is 872 g/mol. The van der Waals surface area contributed by atoms with Crippen LogP contribution in [0.15, 0.2) is 54.6 Å². The Bertz CT molecular complexity index is 1610. The molecule has 2 nitrogen and oxygen atoms in total. The van der Waals surface area contributed by atoms with Gasteiger partial charge in [0.2, 0.25) is 0 Å². The van der Waals surface area contributed by atoms with Crippen molar-refractivity contribution >= 4 is 55.5 Å². The van der Waals surface area contributed by atoms with Crippen LogP contribution >= 0.6 is 35.2 Å². The first-order valence-corrected chi connectivity index (χ1v) is 31.8. The summed E-state index contributed by atoms with van der Waals surface area (Å²) in [6.45, 7) is 15.3. The van der Waals surface area contributed by atoms with Crippen LogP contribution in [0.2, 0.25) is 0 Å². The average Bonchev–Trinajstić information content (AvgIpc) is 3.54. The summed E-state index contributed by atoms with van der Waals surface area (Å²) in [5.41, 5.74) is 15.5. The normalized spacial score (nSPS) is 19.9. The number of benzene rings is 3. The van der Waals surface area contributed by atoms with Gasteiger partial charge >= 0.3 is 216 Å². The monoisotopic (exact) mass is 936 g/mol. The zero-order valence-corrected chi connectivity index (χ0v) is 38.8. The molecule has 0 bridgehead atoms. The molecule has 0 aromatic heterocycles. The molecule has 1 aliphatic heterocycles. The minimum atomic E-state index is -2.76. The number of hydrogen-bond donors (Lipinski definition) is 0. The second-order valence-corrected chi connectivity index (χ2v) is 37.8. The van der Waals surface area contributed by atoms with Crippen molar-refractivity contribution in [3.05, 3.63) is 93.5 Å². The molecule has 3 aromatic carbocycles. The van der Waals surface area contributed by atoms with Gasteiger partial charge in [0.25, 0.3) is 0 Å². The first kappa shape index (κ1) is 40.7. The van der Waals surface area contributed by atoms with Gasteiger partial charge in [-0.1, -0.05) is 65.7 Å². The Morgan fingerprint density at radius 3 is 1.23 bits per heavy atom. The van der Waals surface area contributed by atoms with Crippen LogP contribution in [-0.2, 0) is 9.95 Å². The number of nitrogens with zero attached hydrogens (tertiary/aromatic N) is 2. The molecule has 0 radical (unpaired) electrons. The number of rotatable bonds is 6. The molecule has 1 heterocycles. The number of halogens is 2. The summed E-state index contributed by atoms with van der Waals surface area (Å²) in [7, 11) is -2.38. The predicted octanol–water partition coefficient (Wildman–Crippen LogP) is 14.0. The Labute approximate surface area is 334 Å². The van der Waals surface area contributed by atoms with E-state index in [4.69, 9.17) is 0 Å². The maximum atomic E-state index is 4.26. The van der Waals surface area contributed by atoms with Crippen molar-refractivity contribution in [2.24, 2.45) is 0 Å². The summed E-state index contributed by atoms with van der Waals surface area (Å²) in [5.74, 6) is 0. The molecule has 0 amide bonds. The van der Waals surface area contributed by atoms with E-state index in [-0.39, 0.29) is 0 Å². The predicted molar refractivity (Wildman–Crippen MR) is 238 cm³/mol. The van der Waals surface area contributed by atoms with E-state index in [0.717, 1.165) is 13.1 Å². The minimum absolute atomic E-state index is 0.385. The molecule has 3 aromatic rings. The van der Waals surface area contributed by atoms with Crippen molar-refractivity contribution in [3.63, 3.8) is 0 Å². The van der Waals surface area contributed by atoms with Crippen LogP contribution in [0.5, 0.6) is 0 Å². The van der Waals surface area contributed by atoms with Gasteiger partial charge in [0.1, 0.15) is 0 Å². The topological polar surface area (TPSA) is 6.48 Å². The van der Waals surface area contributed by atoms with Crippen molar-refractivity contribution in [2.45, 2.75) is 155 Å². The molecule has 0 N–H and O–H groups in total. The summed E-state index contributed by atoms with van der Waals surface area (Å²) >= 11 is 8.52. The SMILES string of the molecule is C1CCC(P(C2CCCCC2)C2CCCCC2)CC1.Cc1cc(C)c(N2CCN(c3c(C)cc(C)cc3C)[C]2=[Ru]([Br])([Br])=[CH]c2ccccc2)c(C)c1. The van der Waals surface area contributed by atoms with Gasteiger partial charge in [0, 0.05) is 0 Å². The molecule has 52 heavy (non-hydrogen) atoms. The van der Waals surface area contributed by atoms with Gasteiger partial charge in [-0.2, -0.15) is 0 Å². The van der Waals surface area contributed by atoms with Crippen LogP contribution in [0.3, 0.4) is 0 Å². The summed E-state index contributed by atoms with van der Waals surface area (Å²) in [5, 5.41) is 0. The van der Waals surface area contributed by atoms with E-state index in [1.165, 1.54) is 90.9 Å². The van der Waals surface area contributed by atoms with Gasteiger partial charge in [-0.3, -0.25) is 0 Å². The van der Waals surface area contributed by atoms with E-state index in [1.807, 2.05) is 0 Å². The Balaban J connectivity index is 0.000000206. The summed E-state index contributed by atoms with van der Waals surface area (Å²) in [4.78, 5) is 5.13. The van der Waals surface area contributed by atoms with Gasteiger partial charge < -0.3 is 0 Å². The average molecular weight is 938 g/mol. The van der Waals surface area contributed by atoms with Crippen molar-refractivity contribution < 1.29 is 9.95 Å². The first-order chi connectivity index (χ1) is 25.0. The first-order valence-electron chi connectivity index (χ1n) is 20.4. The molecule has 6 heteroatoms. The van der Waals surface area contributed by atoms with Crippen molar-refractivity contribution in [2.75, 3.05) is 22.9 Å². The van der Waals surface area contributed by atoms with Crippen molar-refractivity contribution in [1.82, 2.24) is 0 Å². The molecule has 7 rings (SSSR count). The van der Waals surface area contributed by atoms with Crippen LogP contribution in [0.1, 0.15) is 135 Å². The third-order valence-electron chi connectivity index (χ3n) is 12.0. The quantitative estimate of drug-likeness (QED) is 0.179. The van der Waals surface area contributed by atoms with Gasteiger partial charge in [0.05, 0.1) is 0 Å². The molecule has 0 atom stereocenters. The van der Waals surface area contributed by atoms with E-state index in [9.17, 15) is 0 Å². The van der Waals surface area contributed by atoms with Crippen molar-refractivity contribution in [3.8, 4) is 0 Å². The third-order valence-corrected chi connectivity index (χ3v) is 24.2. The second kappa shape index (κ2) is 18.8. The molecule has 3 aliphatic carbocycles. The zero-order valence-electron chi connectivity index (χ0n) is 33.0. The molecule has 4 aliphatic rings. The fourth-order valence-electron chi connectivity index (χ4n) is 10.1. The second-order valence-electron chi connectivity index (χ2n) is 16.3. The fraction of sp³-hybridized carbons (Fsp3) is 0.565. The van der Waals surface area contributed by atoms with Crippen LogP contribution in [0, 0.1) is 41.5 Å². The van der Waals surface area contributed by atoms with Crippen LogP contribution in [-0.4, -0.2) is 39.0 Å². The molecule has 3 saturated carbocycles. The van der Waals surface area contributed by atoms with E-state index in [0.29, 0.717) is 7.92 Å². The molecule has 286 valence electrons. The fourth-order valence-corrected chi connectivity index (χ4v) is 23.9. The standard InChI is InChI=1S/C21H26N2.C18H33P.C7H6.2BrH.Ru/c1-14-9-16(3)20(17(4)10-14)22-7-8-23(13-22)21-18(5)11-15(2)12-19(21)6;1-4-10-16(11-5-1)19(17-12-6-2-7-13-17)18-14-8-3-9-15-18;1-7-5-3-2-4-6-7;;;/h9-12H,7-8H2,1-6H3;16-18H,1-15H2;1-6H;2*1H;/q;;;;;+2/p-2.